The molecule has 0 fully saturated rings. The molecule has 28 heavy (non-hydrogen) atoms. The molecule has 1 aromatic heterocycles. The van der Waals surface area contributed by atoms with Crippen molar-refractivity contribution in [2.75, 3.05) is 6.61 Å². The fourth-order valence-corrected chi connectivity index (χ4v) is 3.12. The summed E-state index contributed by atoms with van der Waals surface area (Å²) >= 11 is 0. The Balaban J connectivity index is 1.49. The minimum absolute atomic E-state index is 0.115. The number of nitrogens with one attached hydrogen (secondary N) is 1. The maximum atomic E-state index is 12.1. The van der Waals surface area contributed by atoms with Gasteiger partial charge in [0, 0.05) is 5.39 Å². The smallest absolute Gasteiger partial charge is 0.302 e. The third kappa shape index (κ3) is 3.32. The molecule has 0 unspecified atom stereocenters. The van der Waals surface area contributed by atoms with Crippen LogP contribution in [0.3, 0.4) is 0 Å². The van der Waals surface area contributed by atoms with E-state index in [0.717, 1.165) is 27.4 Å². The zero-order valence-electron chi connectivity index (χ0n) is 15.6. The molecule has 0 aliphatic carbocycles. The second-order valence-corrected chi connectivity index (χ2v) is 6.64. The Morgan fingerprint density at radius 3 is 2.68 bits per heavy atom. The fourth-order valence-electron chi connectivity index (χ4n) is 3.12. The number of amides is 1. The average molecular weight is 373 g/mol. The van der Waals surface area contributed by atoms with Gasteiger partial charge in [-0.25, -0.2) is 0 Å². The van der Waals surface area contributed by atoms with Crippen LogP contribution in [0.4, 0.5) is 5.69 Å². The standard InChI is InChI=1S/C22H19N3O3/c1-13-7-10-18-20(14(13)2)23-22(27)21(18)25-24-19(26)12-28-17-9-8-15-5-3-4-6-16(15)11-17/h3-11,23,27H,12H2,1-2H3. The Hall–Kier alpha value is -3.67. The maximum absolute atomic E-state index is 12.1. The van der Waals surface area contributed by atoms with Crippen molar-refractivity contribution in [1.29, 1.82) is 0 Å². The first kappa shape index (κ1) is 17.7. The van der Waals surface area contributed by atoms with Gasteiger partial charge in [0.1, 0.15) is 5.75 Å². The largest absolute Gasteiger partial charge is 0.493 e. The van der Waals surface area contributed by atoms with Crippen molar-refractivity contribution >= 4 is 33.3 Å². The number of aromatic amines is 1. The number of aryl methyl sites for hydroxylation is 2. The Kier molecular flexibility index (Phi) is 4.53. The summed E-state index contributed by atoms with van der Waals surface area (Å²) in [5.74, 6) is -0.0651. The highest BCUT2D eigenvalue weighted by Crippen LogP contribution is 2.37. The summed E-state index contributed by atoms with van der Waals surface area (Å²) in [5.41, 5.74) is 3.14. The molecule has 0 aliphatic rings. The van der Waals surface area contributed by atoms with Gasteiger partial charge in [0.2, 0.25) is 5.88 Å². The normalized spacial score (nSPS) is 11.5. The number of hydrogen-bond donors (Lipinski definition) is 2. The van der Waals surface area contributed by atoms with Gasteiger partial charge in [-0.05, 0) is 47.9 Å². The number of fused-ring (bicyclic) bond motifs is 2. The predicted molar refractivity (Wildman–Crippen MR) is 108 cm³/mol. The van der Waals surface area contributed by atoms with Crippen LogP contribution in [0, 0.1) is 13.8 Å². The van der Waals surface area contributed by atoms with Gasteiger partial charge in [-0.3, -0.25) is 4.79 Å². The van der Waals surface area contributed by atoms with Crippen molar-refractivity contribution in [2.45, 2.75) is 13.8 Å². The first-order chi connectivity index (χ1) is 13.5. The molecule has 0 saturated heterocycles. The first-order valence-electron chi connectivity index (χ1n) is 8.90. The Bertz CT molecular complexity index is 1220. The highest BCUT2D eigenvalue weighted by atomic mass is 16.5. The van der Waals surface area contributed by atoms with Crippen LogP contribution in [0.5, 0.6) is 11.6 Å². The van der Waals surface area contributed by atoms with Gasteiger partial charge < -0.3 is 14.8 Å². The van der Waals surface area contributed by atoms with Crippen LogP contribution in [0.1, 0.15) is 11.1 Å². The number of ether oxygens (including phenoxy) is 1. The highest BCUT2D eigenvalue weighted by Gasteiger charge is 2.13. The van der Waals surface area contributed by atoms with Crippen LogP contribution >= 0.6 is 0 Å². The number of aromatic nitrogens is 1. The van der Waals surface area contributed by atoms with E-state index in [1.807, 2.05) is 68.4 Å². The van der Waals surface area contributed by atoms with Crippen molar-refractivity contribution in [3.8, 4) is 11.6 Å². The zero-order chi connectivity index (χ0) is 19.7. The Morgan fingerprint density at radius 2 is 1.86 bits per heavy atom. The van der Waals surface area contributed by atoms with Crippen LogP contribution in [0.15, 0.2) is 64.8 Å². The molecule has 4 rings (SSSR count). The van der Waals surface area contributed by atoms with Crippen molar-refractivity contribution in [1.82, 2.24) is 4.98 Å². The third-order valence-electron chi connectivity index (χ3n) is 4.80. The summed E-state index contributed by atoms with van der Waals surface area (Å²) in [4.78, 5) is 15.0. The van der Waals surface area contributed by atoms with Crippen LogP contribution in [0.2, 0.25) is 0 Å². The van der Waals surface area contributed by atoms with Crippen molar-refractivity contribution < 1.29 is 14.6 Å². The number of hydrogen-bond acceptors (Lipinski definition) is 4. The Morgan fingerprint density at radius 1 is 1.07 bits per heavy atom. The summed E-state index contributed by atoms with van der Waals surface area (Å²) in [6, 6.07) is 17.3. The molecule has 0 spiro atoms. The maximum Gasteiger partial charge on any atom is 0.302 e. The topological polar surface area (TPSA) is 87.0 Å². The molecule has 0 bridgehead atoms. The number of benzene rings is 3. The summed E-state index contributed by atoms with van der Waals surface area (Å²) in [7, 11) is 0. The van der Waals surface area contributed by atoms with E-state index in [2.05, 4.69) is 15.2 Å². The minimum atomic E-state index is -0.536. The molecule has 140 valence electrons. The second-order valence-electron chi connectivity index (χ2n) is 6.64. The quantitative estimate of drug-likeness (QED) is 0.474. The lowest BCUT2D eigenvalue weighted by atomic mass is 10.1. The molecule has 0 aliphatic heterocycles. The number of nitrogens with zero attached hydrogens (tertiary/aromatic N) is 2. The van der Waals surface area contributed by atoms with Gasteiger partial charge in [0.05, 0.1) is 5.52 Å². The summed E-state index contributed by atoms with van der Waals surface area (Å²) in [5, 5.41) is 20.6. The zero-order valence-corrected chi connectivity index (χ0v) is 15.6. The summed E-state index contributed by atoms with van der Waals surface area (Å²) in [6.45, 7) is 3.71. The predicted octanol–water partition coefficient (Wildman–Crippen LogP) is 5.33. The van der Waals surface area contributed by atoms with Crippen LogP contribution in [0.25, 0.3) is 21.7 Å². The molecule has 3 aromatic carbocycles. The number of carbonyl (C=O) groups excluding carboxylic acids is 1. The van der Waals surface area contributed by atoms with Crippen molar-refractivity contribution in [3.05, 3.63) is 65.7 Å². The molecular weight excluding hydrogens is 354 g/mol. The van der Waals surface area contributed by atoms with Gasteiger partial charge in [0.25, 0.3) is 0 Å². The lowest BCUT2D eigenvalue weighted by Crippen LogP contribution is -2.07. The fraction of sp³-hybridized carbons (Fsp3) is 0.136. The molecule has 4 aromatic rings. The van der Waals surface area contributed by atoms with Gasteiger partial charge in [-0.2, -0.15) is 0 Å². The summed E-state index contributed by atoms with van der Waals surface area (Å²) in [6.07, 6.45) is 0. The molecule has 1 heterocycles. The van der Waals surface area contributed by atoms with Gasteiger partial charge in [-0.15, -0.1) is 10.2 Å². The second kappa shape index (κ2) is 7.15. The molecule has 2 N–H and O–H groups in total. The average Bonchev–Trinajstić information content (AvgIpc) is 3.03. The van der Waals surface area contributed by atoms with E-state index in [1.54, 1.807) is 0 Å². The highest BCUT2D eigenvalue weighted by molar-refractivity contribution is 5.96. The SMILES string of the molecule is Cc1ccc2c(N=NC(=O)COc3ccc4ccccc4c3)c(O)[nH]c2c1C. The molecule has 0 atom stereocenters. The van der Waals surface area contributed by atoms with Gasteiger partial charge >= 0.3 is 5.91 Å². The number of rotatable bonds is 4. The van der Waals surface area contributed by atoms with Crippen LogP contribution in [-0.4, -0.2) is 22.6 Å². The number of H-pyrrole nitrogens is 1. The summed E-state index contributed by atoms with van der Waals surface area (Å²) < 4.78 is 5.52. The van der Waals surface area contributed by atoms with Crippen molar-refractivity contribution in [3.63, 3.8) is 0 Å². The third-order valence-corrected chi connectivity index (χ3v) is 4.80. The van der Waals surface area contributed by atoms with E-state index in [1.165, 1.54) is 0 Å². The lowest BCUT2D eigenvalue weighted by molar-refractivity contribution is -0.120. The van der Waals surface area contributed by atoms with Crippen molar-refractivity contribution in [2.24, 2.45) is 10.2 Å². The van der Waals surface area contributed by atoms with E-state index in [9.17, 15) is 9.90 Å². The van der Waals surface area contributed by atoms with Gasteiger partial charge in [-0.1, -0.05) is 42.5 Å². The van der Waals surface area contributed by atoms with Crippen LogP contribution in [-0.2, 0) is 4.79 Å². The van der Waals surface area contributed by atoms with E-state index < -0.39 is 5.91 Å². The molecule has 1 amide bonds. The number of azo groups is 1. The number of carbonyl (C=O) groups is 1. The monoisotopic (exact) mass is 373 g/mol. The molecule has 6 heteroatoms. The number of aromatic hydroxyl groups is 1. The van der Waals surface area contributed by atoms with E-state index in [-0.39, 0.29) is 18.2 Å². The van der Waals surface area contributed by atoms with E-state index in [0.29, 0.717) is 11.1 Å². The van der Waals surface area contributed by atoms with Gasteiger partial charge in [0.15, 0.2) is 12.3 Å². The Labute approximate surface area is 161 Å². The van der Waals surface area contributed by atoms with E-state index in [4.69, 9.17) is 4.74 Å². The lowest BCUT2D eigenvalue weighted by Gasteiger charge is -2.04. The minimum Gasteiger partial charge on any atom is -0.493 e. The molecule has 6 nitrogen and oxygen atoms in total. The molecule has 0 saturated carbocycles. The van der Waals surface area contributed by atoms with Crippen LogP contribution < -0.4 is 4.74 Å². The van der Waals surface area contributed by atoms with E-state index >= 15 is 0 Å². The first-order valence-corrected chi connectivity index (χ1v) is 8.90. The molecule has 0 radical (unpaired) electrons. The molecular formula is C22H19N3O3.